The van der Waals surface area contributed by atoms with Crippen LogP contribution in [0.5, 0.6) is 0 Å². The van der Waals surface area contributed by atoms with E-state index in [9.17, 15) is 0 Å². The van der Waals surface area contributed by atoms with Crippen LogP contribution in [-0.2, 0) is 13.0 Å². The van der Waals surface area contributed by atoms with Gasteiger partial charge in [-0.1, -0.05) is 0 Å². The number of halogens is 3. The van der Waals surface area contributed by atoms with Crippen molar-refractivity contribution in [1.29, 1.82) is 0 Å². The molecule has 2 aliphatic rings. The van der Waals surface area contributed by atoms with E-state index in [0.29, 0.717) is 8.45 Å². The predicted octanol–water partition coefficient (Wildman–Crippen LogP) is 8.20. The zero-order valence-electron chi connectivity index (χ0n) is 18.5. The summed E-state index contributed by atoms with van der Waals surface area (Å²) in [6, 6.07) is 35.9. The summed E-state index contributed by atoms with van der Waals surface area (Å²) in [5, 5.41) is 0. The normalized spacial score (nSPS) is 14.4. The molecular weight excluding hydrogens is 519 g/mol. The zero-order valence-corrected chi connectivity index (χ0v) is 23.9. The molecule has 5 heteroatoms. The van der Waals surface area contributed by atoms with Gasteiger partial charge < -0.3 is 0 Å². The molecule has 0 saturated heterocycles. The van der Waals surface area contributed by atoms with E-state index in [0.717, 1.165) is 4.73 Å². The van der Waals surface area contributed by atoms with Crippen LogP contribution in [0.2, 0.25) is 4.73 Å². The predicted molar refractivity (Wildman–Crippen MR) is 147 cm³/mol. The van der Waals surface area contributed by atoms with Crippen molar-refractivity contribution < 1.29 is 13.0 Å². The molecule has 0 unspecified atom stereocenters. The number of benzene rings is 4. The summed E-state index contributed by atoms with van der Waals surface area (Å²) in [5.74, 6) is 0. The Hall–Kier alpha value is -1.32. The van der Waals surface area contributed by atoms with Crippen molar-refractivity contribution in [1.82, 2.24) is 0 Å². The molecule has 0 aliphatic heterocycles. The third kappa shape index (κ3) is 3.36. The average Bonchev–Trinajstić information content (AvgIpc) is 3.34. The van der Waals surface area contributed by atoms with Crippen molar-refractivity contribution in [2.24, 2.45) is 0 Å². The van der Waals surface area contributed by atoms with Gasteiger partial charge in [0.05, 0.1) is 0 Å². The average molecular weight is 546 g/mol. The summed E-state index contributed by atoms with van der Waals surface area (Å²) in [4.78, 5) is 0. The van der Waals surface area contributed by atoms with Gasteiger partial charge in [-0.25, -0.2) is 0 Å². The van der Waals surface area contributed by atoms with Crippen LogP contribution >= 0.6 is 34.1 Å². The van der Waals surface area contributed by atoms with Gasteiger partial charge in [0.2, 0.25) is 0 Å². The molecule has 0 N–H and O–H groups in total. The fraction of sp³-hybridized carbons (Fsp3) is 0.143. The molecule has 4 aromatic rings. The second kappa shape index (κ2) is 8.72. The van der Waals surface area contributed by atoms with Gasteiger partial charge in [0.1, 0.15) is 0 Å². The third-order valence-corrected chi connectivity index (χ3v) is 24.8. The maximum Gasteiger partial charge on any atom is -0.147 e. The van der Waals surface area contributed by atoms with Gasteiger partial charge in [-0.3, -0.25) is 0 Å². The molecule has 33 heavy (non-hydrogen) atoms. The first-order chi connectivity index (χ1) is 15.0. The second-order valence-electron chi connectivity index (χ2n) is 9.29. The standard InChI is InChI=1S/2C13H9.C2H5.3ClH.H2Si.Ti/c2*1-3-7-12-10(5-1)9-11-6-2-4-8-13(11)12;1-2;;;;;/h2*1-9H;1H2,2H3;3*1H;1H2;/q;;;;;;;+1/p-1. The molecule has 168 valence electrons. The Morgan fingerprint density at radius 3 is 1.06 bits per heavy atom. The molecule has 0 spiro atoms. The Balaban J connectivity index is 0.00000130. The van der Waals surface area contributed by atoms with Gasteiger partial charge in [-0.2, -0.15) is 0 Å². The van der Waals surface area contributed by atoms with E-state index in [-0.39, 0.29) is 24.8 Å². The molecule has 0 radical (unpaired) electrons. The molecule has 0 bridgehead atoms. The van der Waals surface area contributed by atoms with E-state index in [1.165, 1.54) is 44.5 Å². The Morgan fingerprint density at radius 2 is 0.818 bits per heavy atom. The first-order valence-electron chi connectivity index (χ1n) is 11.1. The number of hydrogen-bond acceptors (Lipinski definition) is 0. The summed E-state index contributed by atoms with van der Waals surface area (Å²) in [6.07, 6.45) is 0. The number of fused-ring (bicyclic) bond motifs is 6. The fourth-order valence-corrected chi connectivity index (χ4v) is 19.9. The van der Waals surface area contributed by atoms with Crippen LogP contribution in [0.3, 0.4) is 0 Å². The monoisotopic (exact) mass is 544 g/mol. The van der Waals surface area contributed by atoms with Crippen LogP contribution in [0.15, 0.2) is 97.1 Å². The maximum absolute atomic E-state index is 8.31. The van der Waals surface area contributed by atoms with Crippen LogP contribution in [0.1, 0.15) is 37.6 Å². The largest absolute Gasteiger partial charge is 0.147 e. The van der Waals surface area contributed by atoms with E-state index in [4.69, 9.17) is 9.30 Å². The smallest absolute Gasteiger partial charge is 0.147 e. The second-order valence-corrected chi connectivity index (χ2v) is 30.3. The van der Waals surface area contributed by atoms with Gasteiger partial charge in [-0.05, 0) is 0 Å². The molecule has 0 saturated carbocycles. The molecule has 0 amide bonds. The summed E-state index contributed by atoms with van der Waals surface area (Å²) in [6.45, 7) is 2.35. The van der Waals surface area contributed by atoms with Gasteiger partial charge in [0.25, 0.3) is 0 Å². The Labute approximate surface area is 215 Å². The molecule has 0 nitrogen and oxygen atoms in total. The topological polar surface area (TPSA) is 0 Å². The first-order valence-corrected chi connectivity index (χ1v) is 20.2. The SMILES string of the molecule is C[CH2][Ti](=[SiH2])([Cl])([CH]1c2ccccc2-c2ccccc21)[CH]1c2ccccc2-c2ccccc21.Cl.Cl. The van der Waals surface area contributed by atoms with Crippen molar-refractivity contribution >= 4 is 41.8 Å². The summed E-state index contributed by atoms with van der Waals surface area (Å²) >= 11 is -3.79. The Kier molecular flexibility index (Phi) is 6.55. The molecule has 0 heterocycles. The van der Waals surface area contributed by atoms with Crippen LogP contribution in [-0.4, -0.2) is 7.63 Å². The fourth-order valence-electron chi connectivity index (χ4n) is 6.36. The molecule has 0 aromatic heterocycles. The quantitative estimate of drug-likeness (QED) is 0.228. The minimum atomic E-state index is -3.79. The number of rotatable bonds is 3. The molecule has 0 atom stereocenters. The van der Waals surface area contributed by atoms with Gasteiger partial charge in [-0.15, -0.1) is 24.8 Å². The van der Waals surface area contributed by atoms with Gasteiger partial charge in [0.15, 0.2) is 0 Å². The Bertz CT molecular complexity index is 1240. The van der Waals surface area contributed by atoms with Crippen LogP contribution in [0.4, 0.5) is 0 Å². The maximum atomic E-state index is 8.31. The van der Waals surface area contributed by atoms with Crippen molar-refractivity contribution in [3.05, 3.63) is 119 Å². The van der Waals surface area contributed by atoms with Crippen molar-refractivity contribution in [3.63, 3.8) is 0 Å². The number of hydrogen-bond donors (Lipinski definition) is 0. The van der Waals surface area contributed by atoms with Crippen LogP contribution in [0, 0.1) is 0 Å². The molecule has 4 aromatic carbocycles. The molecule has 2 aliphatic carbocycles. The molecule has 6 rings (SSSR count). The summed E-state index contributed by atoms with van der Waals surface area (Å²) in [7, 11) is 10.5. The van der Waals surface area contributed by atoms with E-state index >= 15 is 0 Å². The minimum absolute atomic E-state index is 0. The minimum Gasteiger partial charge on any atom is -0.147 e. The van der Waals surface area contributed by atoms with E-state index in [1.54, 1.807) is 0 Å². The van der Waals surface area contributed by atoms with Crippen molar-refractivity contribution in [2.45, 2.75) is 20.1 Å². The summed E-state index contributed by atoms with van der Waals surface area (Å²) < 4.78 is 1.66. The zero-order chi connectivity index (χ0) is 21.2. The Morgan fingerprint density at radius 1 is 0.576 bits per heavy atom. The van der Waals surface area contributed by atoms with Crippen molar-refractivity contribution in [3.8, 4) is 22.3 Å². The van der Waals surface area contributed by atoms with Gasteiger partial charge in [0, 0.05) is 0 Å². The third-order valence-electron chi connectivity index (χ3n) is 7.83. The van der Waals surface area contributed by atoms with E-state index in [2.05, 4.69) is 112 Å². The van der Waals surface area contributed by atoms with Gasteiger partial charge >= 0.3 is 192 Å². The molecular formula is C28H27Cl3SiTi. The molecule has 0 fully saturated rings. The van der Waals surface area contributed by atoms with E-state index < -0.39 is 13.0 Å². The van der Waals surface area contributed by atoms with Crippen molar-refractivity contribution in [2.75, 3.05) is 0 Å². The summed E-state index contributed by atoms with van der Waals surface area (Å²) in [5.41, 5.74) is 11.3. The van der Waals surface area contributed by atoms with E-state index in [1.807, 2.05) is 0 Å². The first kappa shape index (κ1) is 24.8. The van der Waals surface area contributed by atoms with Crippen LogP contribution < -0.4 is 0 Å². The van der Waals surface area contributed by atoms with Crippen LogP contribution in [0.25, 0.3) is 22.3 Å².